The number of aliphatic imine (C=N–C) groups is 1. The van der Waals surface area contributed by atoms with E-state index in [1.54, 1.807) is 6.33 Å². The van der Waals surface area contributed by atoms with Crippen molar-refractivity contribution in [2.45, 2.75) is 51.8 Å². The van der Waals surface area contributed by atoms with Gasteiger partial charge in [0.2, 0.25) is 0 Å². The van der Waals surface area contributed by atoms with Crippen molar-refractivity contribution in [1.29, 1.82) is 0 Å². The van der Waals surface area contributed by atoms with Gasteiger partial charge in [0.25, 0.3) is 0 Å². The van der Waals surface area contributed by atoms with E-state index < -0.39 is 0 Å². The van der Waals surface area contributed by atoms with Crippen LogP contribution in [0.3, 0.4) is 0 Å². The molecule has 3 rings (SSSR count). The quantitative estimate of drug-likeness (QED) is 0.214. The predicted molar refractivity (Wildman–Crippen MR) is 129 cm³/mol. The Morgan fingerprint density at radius 3 is 2.93 bits per heavy atom. The summed E-state index contributed by atoms with van der Waals surface area (Å²) in [4.78, 5) is 4.74. The summed E-state index contributed by atoms with van der Waals surface area (Å²) in [5.41, 5.74) is 0. The summed E-state index contributed by atoms with van der Waals surface area (Å²) in [6.07, 6.45) is 5.05. The second kappa shape index (κ2) is 13.4. The minimum absolute atomic E-state index is 0. The zero-order valence-electron chi connectivity index (χ0n) is 17.8. The van der Waals surface area contributed by atoms with Crippen LogP contribution in [0.1, 0.15) is 32.5 Å². The topological polar surface area (TPSA) is 85.6 Å². The molecule has 2 heterocycles. The lowest BCUT2D eigenvalue weighted by Gasteiger charge is -2.23. The highest BCUT2D eigenvalue weighted by molar-refractivity contribution is 14.0. The first-order valence-corrected chi connectivity index (χ1v) is 10.5. The highest BCUT2D eigenvalue weighted by atomic mass is 127. The average Bonchev–Trinajstić information content (AvgIpc) is 3.43. The third-order valence-corrected chi connectivity index (χ3v) is 4.92. The Hall–Kier alpha value is -1.88. The smallest absolute Gasteiger partial charge is 0.191 e. The number of hydrogen-bond donors (Lipinski definition) is 2. The van der Waals surface area contributed by atoms with Gasteiger partial charge in [-0.2, -0.15) is 0 Å². The van der Waals surface area contributed by atoms with Gasteiger partial charge in [0.1, 0.15) is 24.5 Å². The van der Waals surface area contributed by atoms with Gasteiger partial charge < -0.3 is 24.7 Å². The van der Waals surface area contributed by atoms with E-state index in [4.69, 9.17) is 14.5 Å². The molecule has 1 fully saturated rings. The molecule has 1 aliphatic heterocycles. The van der Waals surface area contributed by atoms with Crippen LogP contribution >= 0.6 is 24.0 Å². The van der Waals surface area contributed by atoms with E-state index in [1.807, 2.05) is 34.9 Å². The fraction of sp³-hybridized carbons (Fsp3) is 0.571. The zero-order chi connectivity index (χ0) is 20.3. The number of para-hydroxylation sites is 1. The van der Waals surface area contributed by atoms with E-state index in [0.717, 1.165) is 49.9 Å². The molecule has 0 saturated carbocycles. The lowest BCUT2D eigenvalue weighted by atomic mass is 10.1. The van der Waals surface area contributed by atoms with Crippen LogP contribution in [-0.4, -0.2) is 59.2 Å². The summed E-state index contributed by atoms with van der Waals surface area (Å²) in [5, 5.41) is 15.0. The van der Waals surface area contributed by atoms with Gasteiger partial charge in [0.15, 0.2) is 5.96 Å². The second-order valence-corrected chi connectivity index (χ2v) is 7.10. The molecule has 0 bridgehead atoms. The van der Waals surface area contributed by atoms with Gasteiger partial charge in [-0.3, -0.25) is 4.99 Å². The summed E-state index contributed by atoms with van der Waals surface area (Å²) < 4.78 is 13.6. The van der Waals surface area contributed by atoms with Crippen molar-refractivity contribution in [3.8, 4) is 5.75 Å². The first-order valence-electron chi connectivity index (χ1n) is 10.5. The molecule has 166 valence electrons. The van der Waals surface area contributed by atoms with Crippen LogP contribution in [0.2, 0.25) is 0 Å². The average molecular weight is 528 g/mol. The van der Waals surface area contributed by atoms with Crippen molar-refractivity contribution in [3.63, 3.8) is 0 Å². The molecule has 30 heavy (non-hydrogen) atoms. The third kappa shape index (κ3) is 7.75. The number of hydrogen-bond acceptors (Lipinski definition) is 5. The number of nitrogens with one attached hydrogen (secondary N) is 2. The number of halogens is 1. The van der Waals surface area contributed by atoms with Crippen molar-refractivity contribution >= 4 is 29.9 Å². The molecule has 0 spiro atoms. The van der Waals surface area contributed by atoms with Gasteiger partial charge in [-0.15, -0.1) is 34.2 Å². The maximum atomic E-state index is 5.80. The molecule has 0 radical (unpaired) electrons. The highest BCUT2D eigenvalue weighted by Crippen LogP contribution is 2.15. The number of aryl methyl sites for hydroxylation is 1. The van der Waals surface area contributed by atoms with Crippen LogP contribution in [0.15, 0.2) is 41.7 Å². The molecular weight excluding hydrogens is 495 g/mol. The molecule has 2 N–H and O–H groups in total. The fourth-order valence-corrected chi connectivity index (χ4v) is 3.32. The number of rotatable bonds is 10. The Bertz CT molecular complexity index is 749. The Balaban J connectivity index is 0.00000320. The van der Waals surface area contributed by atoms with Crippen molar-refractivity contribution < 1.29 is 9.47 Å². The Morgan fingerprint density at radius 1 is 1.37 bits per heavy atom. The second-order valence-electron chi connectivity index (χ2n) is 7.10. The van der Waals surface area contributed by atoms with Gasteiger partial charge in [0.05, 0.1) is 25.2 Å². The molecule has 2 aromatic rings. The molecule has 0 amide bonds. The first kappa shape index (κ1) is 24.4. The van der Waals surface area contributed by atoms with Gasteiger partial charge in [-0.1, -0.05) is 25.1 Å². The summed E-state index contributed by atoms with van der Waals surface area (Å²) in [5.74, 6) is 2.62. The van der Waals surface area contributed by atoms with E-state index in [2.05, 4.69) is 34.7 Å². The van der Waals surface area contributed by atoms with Crippen LogP contribution in [0.4, 0.5) is 0 Å². The number of guanidine groups is 1. The molecule has 1 aromatic heterocycles. The molecular formula is C21H33IN6O2. The van der Waals surface area contributed by atoms with Crippen LogP contribution in [0, 0.1) is 0 Å². The maximum absolute atomic E-state index is 5.80. The van der Waals surface area contributed by atoms with Gasteiger partial charge in [-0.05, 0) is 31.9 Å². The molecule has 1 aliphatic rings. The van der Waals surface area contributed by atoms with Crippen molar-refractivity contribution in [3.05, 3.63) is 42.5 Å². The minimum atomic E-state index is 0. The Labute approximate surface area is 195 Å². The van der Waals surface area contributed by atoms with Crippen LogP contribution < -0.4 is 15.4 Å². The number of ether oxygens (including phenoxy) is 2. The van der Waals surface area contributed by atoms with E-state index >= 15 is 0 Å². The Morgan fingerprint density at radius 2 is 2.20 bits per heavy atom. The SMILES string of the molecule is CCc1nncn1CCN=C(NCCOc1ccccc1)NC(C)C1CCCO1.I. The lowest BCUT2D eigenvalue weighted by Crippen LogP contribution is -2.48. The highest BCUT2D eigenvalue weighted by Gasteiger charge is 2.23. The standard InChI is InChI=1S/C21H32N6O2.HI/c1-3-20-26-24-16-27(20)13-11-22-21(25-17(2)19-10-7-14-29-19)23-12-15-28-18-8-5-4-6-9-18;/h4-6,8-9,16-17,19H,3,7,10-15H2,1-2H3,(H2,22,23,25);1H. The van der Waals surface area contributed by atoms with E-state index in [0.29, 0.717) is 19.7 Å². The third-order valence-electron chi connectivity index (χ3n) is 4.92. The molecule has 1 aromatic carbocycles. The van der Waals surface area contributed by atoms with Gasteiger partial charge in [0, 0.05) is 19.6 Å². The van der Waals surface area contributed by atoms with Crippen LogP contribution in [0.5, 0.6) is 5.75 Å². The minimum Gasteiger partial charge on any atom is -0.492 e. The van der Waals surface area contributed by atoms with Gasteiger partial charge in [-0.25, -0.2) is 0 Å². The van der Waals surface area contributed by atoms with E-state index in [9.17, 15) is 0 Å². The Kier molecular flexibility index (Phi) is 10.9. The lowest BCUT2D eigenvalue weighted by molar-refractivity contribution is 0.0890. The number of nitrogens with zero attached hydrogens (tertiary/aromatic N) is 4. The maximum Gasteiger partial charge on any atom is 0.191 e. The van der Waals surface area contributed by atoms with Crippen molar-refractivity contribution in [2.24, 2.45) is 4.99 Å². The zero-order valence-corrected chi connectivity index (χ0v) is 20.1. The van der Waals surface area contributed by atoms with Gasteiger partial charge >= 0.3 is 0 Å². The molecule has 8 nitrogen and oxygen atoms in total. The summed E-state index contributed by atoms with van der Waals surface area (Å²) >= 11 is 0. The molecule has 1 saturated heterocycles. The molecule has 0 aliphatic carbocycles. The monoisotopic (exact) mass is 528 g/mol. The van der Waals surface area contributed by atoms with Crippen molar-refractivity contribution in [1.82, 2.24) is 25.4 Å². The largest absolute Gasteiger partial charge is 0.492 e. The summed E-state index contributed by atoms with van der Waals surface area (Å²) in [6, 6.07) is 10.0. The normalized spacial score (nSPS) is 17.3. The number of benzene rings is 1. The van der Waals surface area contributed by atoms with Crippen molar-refractivity contribution in [2.75, 3.05) is 26.3 Å². The van der Waals surface area contributed by atoms with Crippen LogP contribution in [0.25, 0.3) is 0 Å². The summed E-state index contributed by atoms with van der Waals surface area (Å²) in [7, 11) is 0. The summed E-state index contributed by atoms with van der Waals surface area (Å²) in [6.45, 7) is 7.66. The fourth-order valence-electron chi connectivity index (χ4n) is 3.32. The molecule has 2 atom stereocenters. The van der Waals surface area contributed by atoms with E-state index in [-0.39, 0.29) is 36.1 Å². The van der Waals surface area contributed by atoms with Crippen LogP contribution in [-0.2, 0) is 17.7 Å². The van der Waals surface area contributed by atoms with E-state index in [1.165, 1.54) is 0 Å². The molecule has 2 unspecified atom stereocenters. The molecule has 9 heteroatoms. The number of aromatic nitrogens is 3. The predicted octanol–water partition coefficient (Wildman–Crippen LogP) is 2.64. The first-order chi connectivity index (χ1) is 14.3.